The fraction of sp³-hybridized carbons (Fsp3) is 0.579. The molecule has 1 aliphatic rings. The van der Waals surface area contributed by atoms with Crippen LogP contribution in [0.1, 0.15) is 50.0 Å². The highest BCUT2D eigenvalue weighted by Crippen LogP contribution is 2.34. The van der Waals surface area contributed by atoms with Gasteiger partial charge >= 0.3 is 0 Å². The Morgan fingerprint density at radius 1 is 1.26 bits per heavy atom. The third-order valence-corrected chi connectivity index (χ3v) is 6.82. The van der Waals surface area contributed by atoms with Crippen molar-refractivity contribution in [2.75, 3.05) is 12.3 Å². The molecule has 0 radical (unpaired) electrons. The van der Waals surface area contributed by atoms with Crippen molar-refractivity contribution < 1.29 is 18.0 Å². The first-order valence-corrected chi connectivity index (χ1v) is 11.0. The van der Waals surface area contributed by atoms with Crippen molar-refractivity contribution in [3.63, 3.8) is 0 Å². The first-order valence-electron chi connectivity index (χ1n) is 9.39. The van der Waals surface area contributed by atoms with E-state index in [1.165, 1.54) is 9.87 Å². The summed E-state index contributed by atoms with van der Waals surface area (Å²) in [5.41, 5.74) is 1.26. The number of nitrogens with zero attached hydrogens (tertiary/aromatic N) is 3. The summed E-state index contributed by atoms with van der Waals surface area (Å²) >= 11 is 0. The summed E-state index contributed by atoms with van der Waals surface area (Å²) in [7, 11) is -3.49. The largest absolute Gasteiger partial charge is 0.392 e. The van der Waals surface area contributed by atoms with Gasteiger partial charge in [-0.3, -0.25) is 0 Å². The summed E-state index contributed by atoms with van der Waals surface area (Å²) in [5.74, 6) is 0.885. The van der Waals surface area contributed by atoms with Gasteiger partial charge in [0.15, 0.2) is 5.82 Å². The van der Waals surface area contributed by atoms with Crippen molar-refractivity contribution in [3.05, 3.63) is 47.6 Å². The number of aliphatic hydroxyl groups excluding tert-OH is 1. The summed E-state index contributed by atoms with van der Waals surface area (Å²) < 4.78 is 31.9. The molecule has 0 spiro atoms. The number of sulfonamides is 1. The van der Waals surface area contributed by atoms with E-state index in [9.17, 15) is 13.5 Å². The first-order chi connectivity index (χ1) is 12.8. The van der Waals surface area contributed by atoms with Crippen molar-refractivity contribution >= 4 is 10.0 Å². The minimum absolute atomic E-state index is 0.00428. The Bertz CT molecular complexity index is 836. The zero-order valence-electron chi connectivity index (χ0n) is 15.8. The van der Waals surface area contributed by atoms with E-state index in [0.29, 0.717) is 12.2 Å². The van der Waals surface area contributed by atoms with Crippen LogP contribution in [0, 0.1) is 5.92 Å². The predicted octanol–water partition coefficient (Wildman–Crippen LogP) is 2.34. The fourth-order valence-corrected chi connectivity index (χ4v) is 5.43. The lowest BCUT2D eigenvalue weighted by Gasteiger charge is -2.22. The number of aliphatic hydroxyl groups is 1. The summed E-state index contributed by atoms with van der Waals surface area (Å²) in [6, 6.07) is 9.60. The third kappa shape index (κ3) is 5.15. The van der Waals surface area contributed by atoms with E-state index in [1.54, 1.807) is 0 Å². The van der Waals surface area contributed by atoms with E-state index >= 15 is 0 Å². The summed E-state index contributed by atoms with van der Waals surface area (Å²) in [5, 5.41) is 14.0. The minimum atomic E-state index is -3.49. The lowest BCUT2D eigenvalue weighted by atomic mass is 10.1. The molecular weight excluding hydrogens is 366 g/mol. The molecule has 8 heteroatoms. The van der Waals surface area contributed by atoms with E-state index in [2.05, 4.69) is 22.3 Å². The highest BCUT2D eigenvalue weighted by Gasteiger charge is 2.42. The molecule has 1 fully saturated rings. The van der Waals surface area contributed by atoms with Gasteiger partial charge < -0.3 is 9.63 Å². The minimum Gasteiger partial charge on any atom is -0.392 e. The predicted molar refractivity (Wildman–Crippen MR) is 101 cm³/mol. The highest BCUT2D eigenvalue weighted by molar-refractivity contribution is 7.89. The van der Waals surface area contributed by atoms with Crippen LogP contribution in [0.25, 0.3) is 0 Å². The number of aromatic nitrogens is 2. The molecule has 148 valence electrons. The molecule has 1 saturated heterocycles. The van der Waals surface area contributed by atoms with Gasteiger partial charge in [-0.2, -0.15) is 9.29 Å². The Labute approximate surface area is 160 Å². The van der Waals surface area contributed by atoms with E-state index in [1.807, 2.05) is 32.0 Å². The Morgan fingerprint density at radius 3 is 2.70 bits per heavy atom. The van der Waals surface area contributed by atoms with Crippen LogP contribution in [0.4, 0.5) is 0 Å². The summed E-state index contributed by atoms with van der Waals surface area (Å²) in [4.78, 5) is 4.41. The number of hydrogen-bond acceptors (Lipinski definition) is 6. The van der Waals surface area contributed by atoms with Crippen molar-refractivity contribution in [2.45, 2.75) is 51.7 Å². The van der Waals surface area contributed by atoms with Crippen molar-refractivity contribution in [2.24, 2.45) is 5.92 Å². The van der Waals surface area contributed by atoms with Gasteiger partial charge in [-0.15, -0.1) is 0 Å². The van der Waals surface area contributed by atoms with Gasteiger partial charge in [0, 0.05) is 19.4 Å². The van der Waals surface area contributed by atoms with Gasteiger partial charge in [0.2, 0.25) is 15.9 Å². The van der Waals surface area contributed by atoms with Gasteiger partial charge in [0.1, 0.15) is 6.04 Å². The number of aryl methyl sites for hydroxylation is 2. The second-order valence-electron chi connectivity index (χ2n) is 7.54. The molecule has 2 aromatic rings. The molecule has 27 heavy (non-hydrogen) atoms. The molecule has 0 aliphatic carbocycles. The standard InChI is InChI=1S/C19H27N3O4S/c1-14(2)13-27(24,25)22-12-16(23)11-17(22)19-20-18(21-26-19)10-6-9-15-7-4-3-5-8-15/h3-5,7-8,14,16-17,23H,6,9-13H2,1-2H3/t16-,17?/m1/s1. The van der Waals surface area contributed by atoms with E-state index in [4.69, 9.17) is 4.52 Å². The molecule has 1 aromatic carbocycles. The zero-order chi connectivity index (χ0) is 19.4. The van der Waals surface area contributed by atoms with Gasteiger partial charge in [-0.05, 0) is 24.3 Å². The van der Waals surface area contributed by atoms with Crippen molar-refractivity contribution in [3.8, 4) is 0 Å². The summed E-state index contributed by atoms with van der Waals surface area (Å²) in [6.45, 7) is 3.79. The quantitative estimate of drug-likeness (QED) is 0.739. The number of hydrogen-bond donors (Lipinski definition) is 1. The Balaban J connectivity index is 1.65. The third-order valence-electron chi connectivity index (χ3n) is 4.61. The van der Waals surface area contributed by atoms with Crippen LogP contribution in [0.15, 0.2) is 34.9 Å². The molecule has 0 bridgehead atoms. The zero-order valence-corrected chi connectivity index (χ0v) is 16.6. The van der Waals surface area contributed by atoms with Crippen LogP contribution in [-0.4, -0.2) is 46.4 Å². The lowest BCUT2D eigenvalue weighted by Crippen LogP contribution is -2.35. The van der Waals surface area contributed by atoms with Gasteiger partial charge in [0.05, 0.1) is 11.9 Å². The van der Waals surface area contributed by atoms with E-state index < -0.39 is 22.2 Å². The molecule has 1 N–H and O–H groups in total. The molecular formula is C19H27N3O4S. The molecule has 0 saturated carbocycles. The maximum Gasteiger partial charge on any atom is 0.245 e. The smallest absolute Gasteiger partial charge is 0.245 e. The van der Waals surface area contributed by atoms with Crippen LogP contribution in [-0.2, 0) is 22.9 Å². The number of benzene rings is 1. The fourth-order valence-electron chi connectivity index (χ4n) is 3.43. The normalized spacial score (nSPS) is 21.2. The number of rotatable bonds is 8. The van der Waals surface area contributed by atoms with Crippen LogP contribution >= 0.6 is 0 Å². The molecule has 3 rings (SSSR count). The molecule has 1 aromatic heterocycles. The van der Waals surface area contributed by atoms with Crippen molar-refractivity contribution in [1.29, 1.82) is 0 Å². The average molecular weight is 394 g/mol. The van der Waals surface area contributed by atoms with Gasteiger partial charge in [0.25, 0.3) is 0 Å². The lowest BCUT2D eigenvalue weighted by molar-refractivity contribution is 0.188. The molecule has 1 unspecified atom stereocenters. The number of β-amino-alcohol motifs (C(OH)–C–C–N with tert-alkyl or cyclic N) is 1. The van der Waals surface area contributed by atoms with Crippen molar-refractivity contribution in [1.82, 2.24) is 14.4 Å². The van der Waals surface area contributed by atoms with Gasteiger partial charge in [-0.1, -0.05) is 49.3 Å². The topological polar surface area (TPSA) is 96.5 Å². The second kappa shape index (κ2) is 8.50. The molecule has 0 amide bonds. The van der Waals surface area contributed by atoms with Crippen LogP contribution in [0.3, 0.4) is 0 Å². The Morgan fingerprint density at radius 2 is 2.00 bits per heavy atom. The molecule has 2 atom stereocenters. The molecule has 7 nitrogen and oxygen atoms in total. The Hall–Kier alpha value is -1.77. The highest BCUT2D eigenvalue weighted by atomic mass is 32.2. The molecule has 1 aliphatic heterocycles. The molecule has 2 heterocycles. The maximum absolute atomic E-state index is 12.6. The van der Waals surface area contributed by atoms with E-state index in [-0.39, 0.29) is 30.5 Å². The van der Waals surface area contributed by atoms with Gasteiger partial charge in [-0.25, -0.2) is 8.42 Å². The second-order valence-corrected chi connectivity index (χ2v) is 9.50. The van der Waals surface area contributed by atoms with Crippen LogP contribution < -0.4 is 0 Å². The van der Waals surface area contributed by atoms with Crippen LogP contribution in [0.5, 0.6) is 0 Å². The van der Waals surface area contributed by atoms with E-state index in [0.717, 1.165) is 12.8 Å². The maximum atomic E-state index is 12.6. The van der Waals surface area contributed by atoms with Crippen LogP contribution in [0.2, 0.25) is 0 Å². The SMILES string of the molecule is CC(C)CS(=O)(=O)N1C[C@H](O)CC1c1nc(CCCc2ccccc2)no1. The monoisotopic (exact) mass is 393 g/mol. The summed E-state index contributed by atoms with van der Waals surface area (Å²) in [6.07, 6.45) is 2.02. The Kier molecular flexibility index (Phi) is 6.29. The average Bonchev–Trinajstić information content (AvgIpc) is 3.21. The first kappa shape index (κ1) is 20.0.